The fraction of sp³-hybridized carbons (Fsp3) is 0.632. The molecule has 0 bridgehead atoms. The van der Waals surface area contributed by atoms with Crippen LogP contribution in [0.4, 0.5) is 0 Å². The molecule has 0 aromatic heterocycles. The van der Waals surface area contributed by atoms with E-state index in [9.17, 15) is 4.79 Å². The maximum atomic E-state index is 12.4. The molecule has 0 amide bonds. The minimum atomic E-state index is -1.67. The number of hydrogen-bond acceptors (Lipinski definition) is 1. The number of benzene rings is 1. The minimum Gasteiger partial charge on any atom is -0.300 e. The molecular formula is C19H28OSi. The van der Waals surface area contributed by atoms with Gasteiger partial charge in [-0.1, -0.05) is 68.4 Å². The first kappa shape index (κ1) is 15.0. The van der Waals surface area contributed by atoms with Crippen molar-refractivity contribution >= 4 is 19.0 Å². The van der Waals surface area contributed by atoms with Crippen LogP contribution >= 0.6 is 0 Å². The van der Waals surface area contributed by atoms with Gasteiger partial charge in [0.15, 0.2) is 0 Å². The van der Waals surface area contributed by atoms with Gasteiger partial charge in [-0.15, -0.1) is 0 Å². The zero-order valence-corrected chi connectivity index (χ0v) is 14.7. The van der Waals surface area contributed by atoms with Crippen molar-refractivity contribution in [3.63, 3.8) is 0 Å². The summed E-state index contributed by atoms with van der Waals surface area (Å²) in [5.41, 5.74) is 0. The van der Waals surface area contributed by atoms with Gasteiger partial charge >= 0.3 is 0 Å². The lowest BCUT2D eigenvalue weighted by molar-refractivity contribution is -0.124. The van der Waals surface area contributed by atoms with Crippen LogP contribution < -0.4 is 5.19 Å². The first-order chi connectivity index (χ1) is 9.97. The van der Waals surface area contributed by atoms with Crippen LogP contribution in [0.25, 0.3) is 0 Å². The molecule has 0 saturated heterocycles. The zero-order valence-electron chi connectivity index (χ0n) is 13.7. The number of fused-ring (bicyclic) bond motifs is 1. The molecule has 3 atom stereocenters. The third-order valence-electron chi connectivity index (χ3n) is 6.59. The van der Waals surface area contributed by atoms with Crippen LogP contribution in [0, 0.1) is 11.8 Å². The standard InChI is InChI=1S/C19H28OSi/c1-15-13-16(20)14-19(12-8-7-11-18(15)19)21(2,3)17-9-5-4-6-10-17/h4-6,9-10,15,18H,7-8,11-14H2,1-3H3/t15-,18+,19+/m0/s1. The van der Waals surface area contributed by atoms with Crippen LogP contribution in [-0.4, -0.2) is 13.9 Å². The fourth-order valence-corrected chi connectivity index (χ4v) is 9.78. The molecule has 0 N–H and O–H groups in total. The molecular weight excluding hydrogens is 272 g/mol. The van der Waals surface area contributed by atoms with E-state index in [1.807, 2.05) is 0 Å². The highest BCUT2D eigenvalue weighted by molar-refractivity contribution is 6.92. The SMILES string of the molecule is C[C@H]1CC(=O)C[C@]2([Si](C)(C)c3ccccc3)CCCC[C@H]12. The van der Waals surface area contributed by atoms with E-state index in [0.29, 0.717) is 16.7 Å². The van der Waals surface area contributed by atoms with Crippen LogP contribution in [0.5, 0.6) is 0 Å². The Labute approximate surface area is 130 Å². The molecule has 3 rings (SSSR count). The van der Waals surface area contributed by atoms with Gasteiger partial charge in [0.05, 0.1) is 8.07 Å². The van der Waals surface area contributed by atoms with E-state index in [-0.39, 0.29) is 0 Å². The summed E-state index contributed by atoms with van der Waals surface area (Å²) in [4.78, 5) is 12.4. The van der Waals surface area contributed by atoms with Crippen LogP contribution in [-0.2, 0) is 4.79 Å². The summed E-state index contributed by atoms with van der Waals surface area (Å²) < 4.78 is 0. The summed E-state index contributed by atoms with van der Waals surface area (Å²) in [6.45, 7) is 7.37. The maximum absolute atomic E-state index is 12.4. The van der Waals surface area contributed by atoms with Gasteiger partial charge in [-0.05, 0) is 29.7 Å². The summed E-state index contributed by atoms with van der Waals surface area (Å²) >= 11 is 0. The van der Waals surface area contributed by atoms with Crippen LogP contribution in [0.15, 0.2) is 30.3 Å². The van der Waals surface area contributed by atoms with Crippen LogP contribution in [0.1, 0.15) is 45.4 Å². The second-order valence-corrected chi connectivity index (χ2v) is 12.7. The second-order valence-electron chi connectivity index (χ2n) is 7.90. The van der Waals surface area contributed by atoms with Crippen molar-refractivity contribution in [2.45, 2.75) is 63.6 Å². The Balaban J connectivity index is 2.08. The number of rotatable bonds is 2. The lowest BCUT2D eigenvalue weighted by Gasteiger charge is -2.57. The van der Waals surface area contributed by atoms with E-state index >= 15 is 0 Å². The van der Waals surface area contributed by atoms with Gasteiger partial charge in [-0.3, -0.25) is 4.79 Å². The predicted molar refractivity (Wildman–Crippen MR) is 91.6 cm³/mol. The lowest BCUT2D eigenvalue weighted by atomic mass is 9.65. The van der Waals surface area contributed by atoms with Gasteiger partial charge in [0.2, 0.25) is 0 Å². The van der Waals surface area contributed by atoms with Crippen molar-refractivity contribution in [1.29, 1.82) is 0 Å². The van der Waals surface area contributed by atoms with Crippen LogP contribution in [0.2, 0.25) is 18.1 Å². The molecule has 2 aliphatic rings. The lowest BCUT2D eigenvalue weighted by Crippen LogP contribution is -2.60. The summed E-state index contributed by atoms with van der Waals surface area (Å²) in [5.74, 6) is 1.88. The normalized spacial score (nSPS) is 33.6. The van der Waals surface area contributed by atoms with Crippen LogP contribution in [0.3, 0.4) is 0 Å². The highest BCUT2D eigenvalue weighted by atomic mass is 28.3. The molecule has 2 heteroatoms. The Hall–Kier alpha value is -0.893. The average molecular weight is 301 g/mol. The largest absolute Gasteiger partial charge is 0.300 e. The molecule has 1 nitrogen and oxygen atoms in total. The van der Waals surface area contributed by atoms with E-state index in [2.05, 4.69) is 50.3 Å². The van der Waals surface area contributed by atoms with E-state index < -0.39 is 8.07 Å². The molecule has 21 heavy (non-hydrogen) atoms. The van der Waals surface area contributed by atoms with E-state index in [1.54, 1.807) is 5.19 Å². The van der Waals surface area contributed by atoms with Gasteiger partial charge in [-0.25, -0.2) is 0 Å². The molecule has 2 aliphatic carbocycles. The van der Waals surface area contributed by atoms with Crippen molar-refractivity contribution in [1.82, 2.24) is 0 Å². The Morgan fingerprint density at radius 1 is 1.14 bits per heavy atom. The summed E-state index contributed by atoms with van der Waals surface area (Å²) in [6.07, 6.45) is 6.99. The highest BCUT2D eigenvalue weighted by Gasteiger charge is 2.57. The highest BCUT2D eigenvalue weighted by Crippen LogP contribution is 2.61. The summed E-state index contributed by atoms with van der Waals surface area (Å²) in [7, 11) is -1.67. The Morgan fingerprint density at radius 3 is 2.57 bits per heavy atom. The molecule has 2 fully saturated rings. The van der Waals surface area contributed by atoms with Crippen molar-refractivity contribution < 1.29 is 4.79 Å². The average Bonchev–Trinajstić information content (AvgIpc) is 2.47. The van der Waals surface area contributed by atoms with E-state index in [1.165, 1.54) is 25.7 Å². The second kappa shape index (κ2) is 5.39. The molecule has 0 heterocycles. The number of carbonyl (C=O) groups is 1. The zero-order chi connectivity index (χ0) is 15.1. The van der Waals surface area contributed by atoms with Gasteiger partial charge in [0, 0.05) is 12.8 Å². The van der Waals surface area contributed by atoms with Gasteiger partial charge < -0.3 is 0 Å². The molecule has 0 spiro atoms. The summed E-state index contributed by atoms with van der Waals surface area (Å²) in [6, 6.07) is 11.1. The van der Waals surface area contributed by atoms with Crippen molar-refractivity contribution in [3.8, 4) is 0 Å². The molecule has 0 unspecified atom stereocenters. The Kier molecular flexibility index (Phi) is 3.85. The molecule has 1 aromatic rings. The molecule has 1 aromatic carbocycles. The van der Waals surface area contributed by atoms with Crippen molar-refractivity contribution in [3.05, 3.63) is 30.3 Å². The number of Topliss-reactive ketones (excluding diaryl/α,β-unsaturated/α-hetero) is 1. The van der Waals surface area contributed by atoms with Gasteiger partial charge in [0.25, 0.3) is 0 Å². The first-order valence-corrected chi connectivity index (χ1v) is 11.5. The van der Waals surface area contributed by atoms with Gasteiger partial charge in [0.1, 0.15) is 5.78 Å². The quantitative estimate of drug-likeness (QED) is 0.733. The number of carbonyl (C=O) groups excluding carboxylic acids is 1. The predicted octanol–water partition coefficient (Wildman–Crippen LogP) is 4.53. The number of hydrogen-bond donors (Lipinski definition) is 0. The molecule has 0 aliphatic heterocycles. The third kappa shape index (κ3) is 2.32. The van der Waals surface area contributed by atoms with E-state index in [0.717, 1.165) is 18.8 Å². The monoisotopic (exact) mass is 300 g/mol. The maximum Gasteiger partial charge on any atom is 0.133 e. The minimum absolute atomic E-state index is 0.307. The topological polar surface area (TPSA) is 17.1 Å². The third-order valence-corrected chi connectivity index (χ3v) is 11.7. The van der Waals surface area contributed by atoms with Crippen molar-refractivity contribution in [2.24, 2.45) is 11.8 Å². The molecule has 2 saturated carbocycles. The smallest absolute Gasteiger partial charge is 0.133 e. The molecule has 114 valence electrons. The van der Waals surface area contributed by atoms with E-state index in [4.69, 9.17) is 0 Å². The Bertz CT molecular complexity index is 522. The summed E-state index contributed by atoms with van der Waals surface area (Å²) in [5, 5.41) is 1.85. The van der Waals surface area contributed by atoms with Crippen molar-refractivity contribution in [2.75, 3.05) is 0 Å². The van der Waals surface area contributed by atoms with Gasteiger partial charge in [-0.2, -0.15) is 0 Å². The molecule has 0 radical (unpaired) electrons. The fourth-order valence-electron chi connectivity index (χ4n) is 5.38. The Morgan fingerprint density at radius 2 is 1.86 bits per heavy atom. The number of ketones is 1. The first-order valence-electron chi connectivity index (χ1n) is 8.54.